The molecule has 1 heterocycles. The molecule has 0 aromatic heterocycles. The van der Waals surface area contributed by atoms with Gasteiger partial charge in [0.05, 0.1) is 5.69 Å². The summed E-state index contributed by atoms with van der Waals surface area (Å²) in [6, 6.07) is 4.26. The first-order chi connectivity index (χ1) is 5.29. The molecule has 1 aromatic rings. The van der Waals surface area contributed by atoms with Gasteiger partial charge in [-0.15, -0.1) is 0 Å². The molecule has 0 atom stereocenters. The van der Waals surface area contributed by atoms with Crippen LogP contribution in [0.15, 0.2) is 16.6 Å². The van der Waals surface area contributed by atoms with Crippen LogP contribution < -0.4 is 5.32 Å². The summed E-state index contributed by atoms with van der Waals surface area (Å²) in [4.78, 5) is 0. The zero-order valence-electron chi connectivity index (χ0n) is 6.39. The van der Waals surface area contributed by atoms with Crippen LogP contribution in [0.5, 0.6) is 0 Å². The molecule has 0 spiro atoms. The van der Waals surface area contributed by atoms with E-state index < -0.39 is 0 Å². The quantitative estimate of drug-likeness (QED) is 0.626. The topological polar surface area (TPSA) is 14.1 Å². The minimum Gasteiger partial charge on any atom is -0.284 e. The molecule has 0 amide bonds. The Morgan fingerprint density at radius 1 is 1.45 bits per heavy atom. The molecule has 11 heavy (non-hydrogen) atoms. The second-order valence-corrected chi connectivity index (χ2v) is 3.67. The Hall–Kier alpha value is -0.500. The Balaban J connectivity index is 2.62. The fourth-order valence-electron chi connectivity index (χ4n) is 1.44. The highest BCUT2D eigenvalue weighted by Crippen LogP contribution is 2.31. The SMILES string of the molecule is Cc1c(Br)ccc2c1[N]CC2. The first-order valence-electron chi connectivity index (χ1n) is 3.74. The minimum absolute atomic E-state index is 0.965. The molecule has 0 bridgehead atoms. The van der Waals surface area contributed by atoms with E-state index in [1.165, 1.54) is 21.3 Å². The largest absolute Gasteiger partial charge is 0.284 e. The smallest absolute Gasteiger partial charge is 0.0647 e. The van der Waals surface area contributed by atoms with Crippen LogP contribution in [0.4, 0.5) is 5.69 Å². The third-order valence-electron chi connectivity index (χ3n) is 2.10. The average molecular weight is 211 g/mol. The van der Waals surface area contributed by atoms with E-state index in [1.54, 1.807) is 0 Å². The van der Waals surface area contributed by atoms with Crippen molar-refractivity contribution in [3.63, 3.8) is 0 Å². The number of hydrogen-bond acceptors (Lipinski definition) is 0. The van der Waals surface area contributed by atoms with Crippen LogP contribution in [0.2, 0.25) is 0 Å². The summed E-state index contributed by atoms with van der Waals surface area (Å²) in [5, 5.41) is 4.43. The predicted octanol–water partition coefficient (Wildman–Crippen LogP) is 2.55. The molecule has 1 aliphatic rings. The number of nitrogens with zero attached hydrogens (tertiary/aromatic N) is 1. The van der Waals surface area contributed by atoms with E-state index in [1.807, 2.05) is 0 Å². The Bertz CT molecular complexity index is 294. The molecule has 1 aromatic carbocycles. The van der Waals surface area contributed by atoms with E-state index in [0.29, 0.717) is 0 Å². The van der Waals surface area contributed by atoms with Crippen LogP contribution in [-0.4, -0.2) is 6.54 Å². The van der Waals surface area contributed by atoms with Crippen molar-refractivity contribution in [2.24, 2.45) is 0 Å². The van der Waals surface area contributed by atoms with Gasteiger partial charge in [0, 0.05) is 11.0 Å². The van der Waals surface area contributed by atoms with Crippen molar-refractivity contribution in [3.05, 3.63) is 27.7 Å². The summed E-state index contributed by atoms with van der Waals surface area (Å²) in [7, 11) is 0. The van der Waals surface area contributed by atoms with Crippen molar-refractivity contribution in [1.82, 2.24) is 5.32 Å². The van der Waals surface area contributed by atoms with E-state index in [-0.39, 0.29) is 0 Å². The summed E-state index contributed by atoms with van der Waals surface area (Å²) in [5.74, 6) is 0. The lowest BCUT2D eigenvalue weighted by Gasteiger charge is -2.03. The van der Waals surface area contributed by atoms with E-state index in [2.05, 4.69) is 40.3 Å². The van der Waals surface area contributed by atoms with Crippen molar-refractivity contribution in [2.75, 3.05) is 6.54 Å². The lowest BCUT2D eigenvalue weighted by molar-refractivity contribution is 0.906. The van der Waals surface area contributed by atoms with Gasteiger partial charge in [0.25, 0.3) is 0 Å². The fourth-order valence-corrected chi connectivity index (χ4v) is 1.76. The van der Waals surface area contributed by atoms with Crippen molar-refractivity contribution < 1.29 is 0 Å². The molecular weight excluding hydrogens is 202 g/mol. The molecule has 1 aliphatic heterocycles. The monoisotopic (exact) mass is 210 g/mol. The highest BCUT2D eigenvalue weighted by molar-refractivity contribution is 9.10. The zero-order chi connectivity index (χ0) is 7.84. The number of hydrogen-bond donors (Lipinski definition) is 0. The molecule has 0 N–H and O–H groups in total. The van der Waals surface area contributed by atoms with Crippen molar-refractivity contribution in [3.8, 4) is 0 Å². The molecule has 1 nitrogen and oxygen atoms in total. The Labute approximate surface area is 74.9 Å². The molecule has 0 fully saturated rings. The van der Waals surface area contributed by atoms with Crippen molar-refractivity contribution >= 4 is 21.6 Å². The highest BCUT2D eigenvalue weighted by atomic mass is 79.9. The Kier molecular flexibility index (Phi) is 1.64. The van der Waals surface area contributed by atoms with Gasteiger partial charge in [-0.25, -0.2) is 0 Å². The van der Waals surface area contributed by atoms with Crippen molar-refractivity contribution in [2.45, 2.75) is 13.3 Å². The molecular formula is C9H9BrN. The van der Waals surface area contributed by atoms with Gasteiger partial charge in [-0.3, -0.25) is 5.32 Å². The molecule has 1 radical (unpaired) electrons. The first-order valence-corrected chi connectivity index (χ1v) is 4.54. The number of rotatable bonds is 0. The Morgan fingerprint density at radius 2 is 2.27 bits per heavy atom. The van der Waals surface area contributed by atoms with Crippen LogP contribution in [-0.2, 0) is 6.42 Å². The van der Waals surface area contributed by atoms with E-state index in [0.717, 1.165) is 13.0 Å². The van der Waals surface area contributed by atoms with Gasteiger partial charge in [0.2, 0.25) is 0 Å². The zero-order valence-corrected chi connectivity index (χ0v) is 7.98. The first kappa shape index (κ1) is 7.17. The lowest BCUT2D eigenvalue weighted by Crippen LogP contribution is -1.91. The predicted molar refractivity (Wildman–Crippen MR) is 49.2 cm³/mol. The maximum atomic E-state index is 4.43. The summed E-state index contributed by atoms with van der Waals surface area (Å²) < 4.78 is 1.17. The molecule has 0 saturated heterocycles. The van der Waals surface area contributed by atoms with E-state index >= 15 is 0 Å². The average Bonchev–Trinajstić information content (AvgIpc) is 2.45. The number of fused-ring (bicyclic) bond motifs is 1. The fraction of sp³-hybridized carbons (Fsp3) is 0.333. The minimum atomic E-state index is 0.965. The maximum absolute atomic E-state index is 4.43. The molecule has 0 unspecified atom stereocenters. The standard InChI is InChI=1S/C9H9BrN/c1-6-8(10)3-2-7-4-5-11-9(6)7/h2-3H,4-5H2,1H3. The maximum Gasteiger partial charge on any atom is 0.0647 e. The molecule has 0 saturated carbocycles. The molecule has 57 valence electrons. The van der Waals surface area contributed by atoms with E-state index in [4.69, 9.17) is 0 Å². The molecule has 0 aliphatic carbocycles. The van der Waals surface area contributed by atoms with Gasteiger partial charge < -0.3 is 0 Å². The second kappa shape index (κ2) is 2.52. The van der Waals surface area contributed by atoms with Crippen molar-refractivity contribution in [1.29, 1.82) is 0 Å². The Morgan fingerprint density at radius 3 is 3.09 bits per heavy atom. The summed E-state index contributed by atoms with van der Waals surface area (Å²) in [5.41, 5.74) is 3.88. The van der Waals surface area contributed by atoms with Crippen LogP contribution in [0.3, 0.4) is 0 Å². The van der Waals surface area contributed by atoms with Gasteiger partial charge in [-0.05, 0) is 30.5 Å². The summed E-state index contributed by atoms with van der Waals surface area (Å²) >= 11 is 3.49. The number of benzene rings is 1. The van der Waals surface area contributed by atoms with Gasteiger partial charge in [-0.2, -0.15) is 0 Å². The highest BCUT2D eigenvalue weighted by Gasteiger charge is 2.14. The second-order valence-electron chi connectivity index (χ2n) is 2.81. The lowest BCUT2D eigenvalue weighted by atomic mass is 10.1. The van der Waals surface area contributed by atoms with Gasteiger partial charge in [0.1, 0.15) is 0 Å². The normalized spacial score (nSPS) is 14.4. The van der Waals surface area contributed by atoms with Crippen LogP contribution in [0.1, 0.15) is 11.1 Å². The van der Waals surface area contributed by atoms with Gasteiger partial charge in [0.15, 0.2) is 0 Å². The van der Waals surface area contributed by atoms with Gasteiger partial charge >= 0.3 is 0 Å². The van der Waals surface area contributed by atoms with E-state index in [9.17, 15) is 0 Å². The van der Waals surface area contributed by atoms with Crippen LogP contribution in [0.25, 0.3) is 0 Å². The third kappa shape index (κ3) is 1.06. The summed E-state index contributed by atoms with van der Waals surface area (Å²) in [6.07, 6.45) is 1.11. The van der Waals surface area contributed by atoms with Gasteiger partial charge in [-0.1, -0.05) is 22.0 Å². The third-order valence-corrected chi connectivity index (χ3v) is 2.96. The van der Waals surface area contributed by atoms with Crippen LogP contribution in [0, 0.1) is 6.92 Å². The summed E-state index contributed by atoms with van der Waals surface area (Å²) in [6.45, 7) is 3.07. The molecule has 2 heteroatoms. The van der Waals surface area contributed by atoms with Crippen LogP contribution >= 0.6 is 15.9 Å². The molecule has 2 rings (SSSR count). The number of halogens is 1.